The zero-order valence-electron chi connectivity index (χ0n) is 18.0. The molecule has 0 bridgehead atoms. The molecule has 16 heteroatoms. The van der Waals surface area contributed by atoms with E-state index in [0.717, 1.165) is 12.1 Å². The average Bonchev–Trinajstić information content (AvgIpc) is 2.80. The van der Waals surface area contributed by atoms with Crippen molar-refractivity contribution in [2.75, 3.05) is 10.6 Å². The summed E-state index contributed by atoms with van der Waals surface area (Å²) in [5.74, 6) is -3.19. The molecule has 1 aromatic heterocycles. The Kier molecular flexibility index (Phi) is 8.82. The quantitative estimate of drug-likeness (QED) is 0.157. The van der Waals surface area contributed by atoms with Crippen molar-refractivity contribution in [3.05, 3.63) is 83.5 Å². The first-order chi connectivity index (χ1) is 17.5. The van der Waals surface area contributed by atoms with E-state index in [2.05, 4.69) is 15.6 Å². The van der Waals surface area contributed by atoms with Gasteiger partial charge >= 0.3 is 18.0 Å². The molecule has 0 saturated heterocycles. The van der Waals surface area contributed by atoms with Gasteiger partial charge in [-0.1, -0.05) is 17.7 Å². The Labute approximate surface area is 240 Å². The van der Waals surface area contributed by atoms with Crippen LogP contribution in [-0.4, -0.2) is 29.2 Å². The molecule has 0 saturated carbocycles. The molecule has 0 spiro atoms. The lowest BCUT2D eigenvalue weighted by Gasteiger charge is -2.31. The third kappa shape index (κ3) is 5.83. The van der Waals surface area contributed by atoms with Gasteiger partial charge in [-0.25, -0.2) is 13.8 Å². The standard InChI is InChI=1S/C22H10ClF8I2N3O2/c23-17-11(4-2-6-34-17)19(38)35-14-5-1-3-10(15(14)24)18(37)36-16-12(32)7-9(8-13(16)33)20(25,21(26,27)28)22(29,30)31/h1-8H,(H,35,38)(H,36,37). The molecule has 0 aliphatic rings. The zero-order valence-corrected chi connectivity index (χ0v) is 23.1. The van der Waals surface area contributed by atoms with Crippen LogP contribution in [0.15, 0.2) is 48.7 Å². The normalized spacial score (nSPS) is 12.3. The van der Waals surface area contributed by atoms with Crippen molar-refractivity contribution in [1.29, 1.82) is 0 Å². The Hall–Kier alpha value is -2.28. The van der Waals surface area contributed by atoms with Gasteiger partial charge in [0.15, 0.2) is 5.82 Å². The maximum Gasteiger partial charge on any atom is 0.435 e. The molecule has 0 atom stereocenters. The van der Waals surface area contributed by atoms with E-state index in [0.29, 0.717) is 0 Å². The first kappa shape index (κ1) is 30.3. The lowest BCUT2D eigenvalue weighted by Crippen LogP contribution is -2.50. The van der Waals surface area contributed by atoms with Crippen molar-refractivity contribution in [2.45, 2.75) is 18.0 Å². The Morgan fingerprint density at radius 1 is 0.816 bits per heavy atom. The van der Waals surface area contributed by atoms with Crippen molar-refractivity contribution in [1.82, 2.24) is 4.98 Å². The predicted octanol–water partition coefficient (Wildman–Crippen LogP) is 7.88. The predicted molar refractivity (Wildman–Crippen MR) is 138 cm³/mol. The number of carbonyl (C=O) groups is 2. The molecule has 0 aliphatic heterocycles. The fourth-order valence-electron chi connectivity index (χ4n) is 3.11. The molecule has 2 aromatic carbocycles. The average molecular weight is 790 g/mol. The highest BCUT2D eigenvalue weighted by Crippen LogP contribution is 2.54. The van der Waals surface area contributed by atoms with Crippen LogP contribution >= 0.6 is 56.8 Å². The summed E-state index contributed by atoms with van der Waals surface area (Å²) in [5, 5.41) is 4.25. The zero-order chi connectivity index (χ0) is 28.6. The Balaban J connectivity index is 1.93. The molecule has 0 unspecified atom stereocenters. The van der Waals surface area contributed by atoms with Gasteiger partial charge in [-0.3, -0.25) is 9.59 Å². The number of rotatable bonds is 5. The van der Waals surface area contributed by atoms with Crippen molar-refractivity contribution in [2.24, 2.45) is 0 Å². The number of amides is 2. The lowest BCUT2D eigenvalue weighted by atomic mass is 9.94. The SMILES string of the molecule is O=C(Nc1cccc(C(=O)Nc2c(I)cc(C(F)(C(F)(F)F)C(F)(F)F)cc2I)c1F)c1cccnc1Cl. The van der Waals surface area contributed by atoms with Gasteiger partial charge in [-0.2, -0.15) is 26.3 Å². The second kappa shape index (κ2) is 11.1. The highest BCUT2D eigenvalue weighted by atomic mass is 127. The monoisotopic (exact) mass is 789 g/mol. The van der Waals surface area contributed by atoms with Crippen molar-refractivity contribution in [3.8, 4) is 0 Å². The molecule has 0 radical (unpaired) electrons. The second-order valence-electron chi connectivity index (χ2n) is 7.39. The van der Waals surface area contributed by atoms with Gasteiger partial charge in [-0.05, 0) is 81.6 Å². The van der Waals surface area contributed by atoms with Gasteiger partial charge in [0.25, 0.3) is 11.8 Å². The lowest BCUT2D eigenvalue weighted by molar-refractivity contribution is -0.348. The van der Waals surface area contributed by atoms with Crippen LogP contribution in [0.5, 0.6) is 0 Å². The number of aromatic nitrogens is 1. The van der Waals surface area contributed by atoms with E-state index in [-0.39, 0.29) is 35.7 Å². The minimum absolute atomic E-state index is 0.0886. The number of nitrogens with one attached hydrogen (secondary N) is 2. The van der Waals surface area contributed by atoms with E-state index in [4.69, 9.17) is 11.6 Å². The first-order valence-electron chi connectivity index (χ1n) is 9.82. The number of nitrogens with zero attached hydrogens (tertiary/aromatic N) is 1. The third-order valence-electron chi connectivity index (χ3n) is 4.95. The fraction of sp³-hybridized carbons (Fsp3) is 0.136. The summed E-state index contributed by atoms with van der Waals surface area (Å²) in [6, 6.07) is 6.65. The Morgan fingerprint density at radius 3 is 1.87 bits per heavy atom. The van der Waals surface area contributed by atoms with Gasteiger partial charge < -0.3 is 10.6 Å². The summed E-state index contributed by atoms with van der Waals surface area (Å²) in [4.78, 5) is 28.9. The van der Waals surface area contributed by atoms with Crippen LogP contribution in [0.25, 0.3) is 0 Å². The van der Waals surface area contributed by atoms with Gasteiger partial charge in [-0.15, -0.1) is 0 Å². The van der Waals surface area contributed by atoms with Crippen LogP contribution < -0.4 is 10.6 Å². The number of hydrogen-bond donors (Lipinski definition) is 2. The van der Waals surface area contributed by atoms with E-state index in [1.807, 2.05) is 0 Å². The van der Waals surface area contributed by atoms with Crippen molar-refractivity contribution in [3.63, 3.8) is 0 Å². The maximum atomic E-state index is 15.1. The molecular formula is C22H10ClF8I2N3O2. The third-order valence-corrected chi connectivity index (χ3v) is 6.96. The summed E-state index contributed by atoms with van der Waals surface area (Å²) in [6.07, 6.45) is -11.3. The summed E-state index contributed by atoms with van der Waals surface area (Å²) in [5.41, 5.74) is -8.84. The minimum Gasteiger partial charge on any atom is -0.320 e. The largest absolute Gasteiger partial charge is 0.435 e. The molecule has 2 N–H and O–H groups in total. The van der Waals surface area contributed by atoms with Crippen LogP contribution in [0.2, 0.25) is 5.15 Å². The fourth-order valence-corrected chi connectivity index (χ4v) is 5.35. The van der Waals surface area contributed by atoms with Gasteiger partial charge in [0.1, 0.15) is 5.15 Å². The molecule has 202 valence electrons. The Bertz CT molecular complexity index is 1380. The van der Waals surface area contributed by atoms with Crippen LogP contribution in [0.3, 0.4) is 0 Å². The van der Waals surface area contributed by atoms with Crippen LogP contribution in [0, 0.1) is 13.0 Å². The van der Waals surface area contributed by atoms with E-state index >= 15 is 4.39 Å². The number of halogens is 11. The number of alkyl halides is 7. The minimum atomic E-state index is -6.32. The van der Waals surface area contributed by atoms with Crippen molar-refractivity contribution < 1.29 is 44.7 Å². The van der Waals surface area contributed by atoms with Gasteiger partial charge in [0.05, 0.1) is 22.5 Å². The van der Waals surface area contributed by atoms with Gasteiger partial charge in [0, 0.05) is 18.9 Å². The molecular weight excluding hydrogens is 780 g/mol. The first-order valence-corrected chi connectivity index (χ1v) is 12.4. The topological polar surface area (TPSA) is 71.1 Å². The molecule has 1 heterocycles. The molecule has 3 rings (SSSR count). The summed E-state index contributed by atoms with van der Waals surface area (Å²) in [6.45, 7) is 0. The van der Waals surface area contributed by atoms with Crippen LogP contribution in [0.4, 0.5) is 46.5 Å². The highest BCUT2D eigenvalue weighted by Gasteiger charge is 2.73. The van der Waals surface area contributed by atoms with E-state index in [1.165, 1.54) is 69.6 Å². The number of carbonyl (C=O) groups excluding carboxylic acids is 2. The van der Waals surface area contributed by atoms with Crippen LogP contribution in [0.1, 0.15) is 26.3 Å². The smallest absolute Gasteiger partial charge is 0.320 e. The molecule has 2 amide bonds. The van der Waals surface area contributed by atoms with Gasteiger partial charge in [0.2, 0.25) is 0 Å². The van der Waals surface area contributed by atoms with E-state index in [9.17, 15) is 40.3 Å². The highest BCUT2D eigenvalue weighted by molar-refractivity contribution is 14.1. The van der Waals surface area contributed by atoms with Crippen molar-refractivity contribution >= 4 is 80.0 Å². The maximum absolute atomic E-state index is 15.1. The summed E-state index contributed by atoms with van der Waals surface area (Å²) >= 11 is 8.46. The van der Waals surface area contributed by atoms with E-state index in [1.54, 1.807) is 0 Å². The number of hydrogen-bond acceptors (Lipinski definition) is 3. The molecule has 38 heavy (non-hydrogen) atoms. The van der Waals surface area contributed by atoms with Crippen LogP contribution in [-0.2, 0) is 5.67 Å². The summed E-state index contributed by atoms with van der Waals surface area (Å²) in [7, 11) is 0. The number of anilines is 2. The second-order valence-corrected chi connectivity index (χ2v) is 10.1. The Morgan fingerprint density at radius 2 is 1.34 bits per heavy atom. The summed E-state index contributed by atoms with van der Waals surface area (Å²) < 4.78 is 108. The molecule has 5 nitrogen and oxygen atoms in total. The molecule has 0 fully saturated rings. The molecule has 3 aromatic rings. The number of pyridine rings is 1. The number of benzene rings is 2. The van der Waals surface area contributed by atoms with E-state index < -0.39 is 52.5 Å². The molecule has 0 aliphatic carbocycles.